The predicted octanol–water partition coefficient (Wildman–Crippen LogP) is 4.82. The average Bonchev–Trinajstić information content (AvgIpc) is 2.91. The van der Waals surface area contributed by atoms with E-state index in [2.05, 4.69) is 5.32 Å². The second-order valence-corrected chi connectivity index (χ2v) is 9.10. The van der Waals surface area contributed by atoms with Gasteiger partial charge < -0.3 is 19.7 Å². The maximum atomic E-state index is 13.7. The number of carbonyl (C=O) groups excluding carboxylic acids is 2. The molecular formula is C29H31ClN2O4. The van der Waals surface area contributed by atoms with Gasteiger partial charge in [-0.2, -0.15) is 0 Å². The van der Waals surface area contributed by atoms with Gasteiger partial charge in [0.1, 0.15) is 19.3 Å². The number of rotatable bonds is 10. The largest absolute Gasteiger partial charge is 0.486 e. The fourth-order valence-electron chi connectivity index (χ4n) is 4.29. The van der Waals surface area contributed by atoms with Gasteiger partial charge in [0.25, 0.3) is 0 Å². The molecular weight excluding hydrogens is 476 g/mol. The molecule has 0 aliphatic carbocycles. The summed E-state index contributed by atoms with van der Waals surface area (Å²) in [5, 5.41) is 3.48. The maximum absolute atomic E-state index is 13.7. The van der Waals surface area contributed by atoms with Crippen molar-refractivity contribution in [2.24, 2.45) is 0 Å². The molecule has 4 rings (SSSR count). The molecule has 1 aliphatic rings. The smallest absolute Gasteiger partial charge is 0.243 e. The van der Waals surface area contributed by atoms with Crippen molar-refractivity contribution < 1.29 is 19.1 Å². The summed E-state index contributed by atoms with van der Waals surface area (Å²) in [7, 11) is 0. The van der Waals surface area contributed by atoms with E-state index in [0.717, 1.165) is 22.4 Å². The SMILES string of the molecule is CCNC(=O)C(Cc1ccccc1)N(Cc1ccccc1Cl)C(=O)CCc1ccc2c(c1)OCCO2. The minimum absolute atomic E-state index is 0.114. The predicted molar refractivity (Wildman–Crippen MR) is 140 cm³/mol. The molecule has 0 bridgehead atoms. The molecule has 1 atom stereocenters. The number of amides is 2. The first-order valence-corrected chi connectivity index (χ1v) is 12.7. The molecule has 0 radical (unpaired) electrons. The van der Waals surface area contributed by atoms with Gasteiger partial charge >= 0.3 is 0 Å². The third-order valence-corrected chi connectivity index (χ3v) is 6.52. The molecule has 3 aromatic rings. The van der Waals surface area contributed by atoms with Crippen molar-refractivity contribution in [2.75, 3.05) is 19.8 Å². The summed E-state index contributed by atoms with van der Waals surface area (Å²) < 4.78 is 11.3. The maximum Gasteiger partial charge on any atom is 0.243 e. The fraction of sp³-hybridized carbons (Fsp3) is 0.310. The highest BCUT2D eigenvalue weighted by Crippen LogP contribution is 2.31. The van der Waals surface area contributed by atoms with Crippen molar-refractivity contribution in [2.45, 2.75) is 38.8 Å². The number of ether oxygens (including phenoxy) is 2. The Morgan fingerprint density at radius 2 is 1.67 bits per heavy atom. The molecule has 0 fully saturated rings. The van der Waals surface area contributed by atoms with Gasteiger partial charge in [-0.1, -0.05) is 66.2 Å². The first-order valence-electron chi connectivity index (χ1n) is 12.3. The summed E-state index contributed by atoms with van der Waals surface area (Å²) in [6.07, 6.45) is 1.17. The molecule has 6 nitrogen and oxygen atoms in total. The van der Waals surface area contributed by atoms with Gasteiger partial charge in [-0.3, -0.25) is 9.59 Å². The molecule has 0 saturated heterocycles. The Bertz CT molecular complexity index is 1180. The van der Waals surface area contributed by atoms with Crippen LogP contribution in [-0.4, -0.2) is 42.5 Å². The normalized spacial score (nSPS) is 13.1. The Labute approximate surface area is 217 Å². The Hall–Kier alpha value is -3.51. The molecule has 36 heavy (non-hydrogen) atoms. The first kappa shape index (κ1) is 25.6. The van der Waals surface area contributed by atoms with Crippen LogP contribution in [0.3, 0.4) is 0 Å². The van der Waals surface area contributed by atoms with E-state index in [0.29, 0.717) is 43.4 Å². The van der Waals surface area contributed by atoms with Crippen molar-refractivity contribution in [3.63, 3.8) is 0 Å². The highest BCUT2D eigenvalue weighted by atomic mass is 35.5. The number of nitrogens with zero attached hydrogens (tertiary/aromatic N) is 1. The zero-order chi connectivity index (χ0) is 25.3. The molecule has 1 heterocycles. The highest BCUT2D eigenvalue weighted by molar-refractivity contribution is 6.31. The molecule has 188 valence electrons. The summed E-state index contributed by atoms with van der Waals surface area (Å²) in [6, 6.07) is 22.3. The van der Waals surface area contributed by atoms with E-state index in [9.17, 15) is 9.59 Å². The second kappa shape index (κ2) is 12.5. The molecule has 0 aromatic heterocycles. The van der Waals surface area contributed by atoms with Crippen LogP contribution in [0.25, 0.3) is 0 Å². The van der Waals surface area contributed by atoms with E-state index in [1.165, 1.54) is 0 Å². The number of halogens is 1. The third kappa shape index (κ3) is 6.58. The molecule has 0 spiro atoms. The molecule has 7 heteroatoms. The molecule has 3 aromatic carbocycles. The highest BCUT2D eigenvalue weighted by Gasteiger charge is 2.30. The van der Waals surface area contributed by atoms with Crippen LogP contribution in [0.5, 0.6) is 11.5 Å². The Kier molecular flexibility index (Phi) is 8.85. The van der Waals surface area contributed by atoms with Gasteiger partial charge in [0.15, 0.2) is 11.5 Å². The Morgan fingerprint density at radius 3 is 2.42 bits per heavy atom. The van der Waals surface area contributed by atoms with E-state index < -0.39 is 6.04 Å². The lowest BCUT2D eigenvalue weighted by Crippen LogP contribution is -2.50. The number of carbonyl (C=O) groups is 2. The minimum Gasteiger partial charge on any atom is -0.486 e. The number of hydrogen-bond acceptors (Lipinski definition) is 4. The topological polar surface area (TPSA) is 67.9 Å². The van der Waals surface area contributed by atoms with Crippen molar-refractivity contribution in [1.82, 2.24) is 10.2 Å². The van der Waals surface area contributed by atoms with Gasteiger partial charge in [0.2, 0.25) is 11.8 Å². The molecule has 1 unspecified atom stereocenters. The van der Waals surface area contributed by atoms with Crippen LogP contribution in [0.4, 0.5) is 0 Å². The van der Waals surface area contributed by atoms with Crippen LogP contribution in [0.15, 0.2) is 72.8 Å². The summed E-state index contributed by atoms with van der Waals surface area (Å²) in [5.74, 6) is 1.12. The number of likely N-dealkylation sites (N-methyl/N-ethyl adjacent to an activating group) is 1. The van der Waals surface area contributed by atoms with Crippen molar-refractivity contribution in [3.05, 3.63) is 94.5 Å². The van der Waals surface area contributed by atoms with E-state index in [4.69, 9.17) is 21.1 Å². The lowest BCUT2D eigenvalue weighted by Gasteiger charge is -2.32. The summed E-state index contributed by atoms with van der Waals surface area (Å²) >= 11 is 6.45. The molecule has 0 saturated carbocycles. The van der Waals surface area contributed by atoms with Gasteiger partial charge in [-0.25, -0.2) is 0 Å². The number of hydrogen-bond donors (Lipinski definition) is 1. The van der Waals surface area contributed by atoms with Crippen molar-refractivity contribution in [3.8, 4) is 11.5 Å². The molecule has 1 aliphatic heterocycles. The Balaban J connectivity index is 1.58. The Morgan fingerprint density at radius 1 is 0.944 bits per heavy atom. The van der Waals surface area contributed by atoms with Gasteiger partial charge in [0, 0.05) is 31.0 Å². The van der Waals surface area contributed by atoms with Crippen LogP contribution in [-0.2, 0) is 29.0 Å². The van der Waals surface area contributed by atoms with E-state index in [1.54, 1.807) is 11.0 Å². The van der Waals surface area contributed by atoms with Crippen LogP contribution in [0, 0.1) is 0 Å². The van der Waals surface area contributed by atoms with Gasteiger partial charge in [-0.05, 0) is 48.2 Å². The zero-order valence-corrected chi connectivity index (χ0v) is 21.2. The zero-order valence-electron chi connectivity index (χ0n) is 20.4. The van der Waals surface area contributed by atoms with Crippen molar-refractivity contribution >= 4 is 23.4 Å². The van der Waals surface area contributed by atoms with E-state index >= 15 is 0 Å². The lowest BCUT2D eigenvalue weighted by molar-refractivity contribution is -0.141. The van der Waals surface area contributed by atoms with E-state index in [-0.39, 0.29) is 24.8 Å². The fourth-order valence-corrected chi connectivity index (χ4v) is 4.49. The quantitative estimate of drug-likeness (QED) is 0.428. The summed E-state index contributed by atoms with van der Waals surface area (Å²) in [4.78, 5) is 28.6. The summed E-state index contributed by atoms with van der Waals surface area (Å²) in [6.45, 7) is 3.64. The monoisotopic (exact) mass is 506 g/mol. The molecule has 2 amide bonds. The van der Waals surface area contributed by atoms with Crippen LogP contribution < -0.4 is 14.8 Å². The minimum atomic E-state index is -0.670. The van der Waals surface area contributed by atoms with E-state index in [1.807, 2.05) is 73.7 Å². The second-order valence-electron chi connectivity index (χ2n) is 8.69. The number of aryl methyl sites for hydroxylation is 1. The van der Waals surface area contributed by atoms with Gasteiger partial charge in [-0.15, -0.1) is 0 Å². The van der Waals surface area contributed by atoms with Crippen molar-refractivity contribution in [1.29, 1.82) is 0 Å². The van der Waals surface area contributed by atoms with Crippen LogP contribution >= 0.6 is 11.6 Å². The number of fused-ring (bicyclic) bond motifs is 1. The standard InChI is InChI=1S/C29H31ClN2O4/c1-2-31-29(34)25(18-21-8-4-3-5-9-21)32(20-23-10-6-7-11-24(23)30)28(33)15-13-22-12-14-26-27(19-22)36-17-16-35-26/h3-12,14,19,25H,2,13,15-18,20H2,1H3,(H,31,34). The van der Waals surface area contributed by atoms with Gasteiger partial charge in [0.05, 0.1) is 0 Å². The molecule has 1 N–H and O–H groups in total. The van der Waals surface area contributed by atoms with Crippen LogP contribution in [0.1, 0.15) is 30.0 Å². The number of nitrogens with one attached hydrogen (secondary N) is 1. The number of benzene rings is 3. The average molecular weight is 507 g/mol. The summed E-state index contributed by atoms with van der Waals surface area (Å²) in [5.41, 5.74) is 2.76. The first-order chi connectivity index (χ1) is 17.5. The van der Waals surface area contributed by atoms with Crippen LogP contribution in [0.2, 0.25) is 5.02 Å². The lowest BCUT2D eigenvalue weighted by atomic mass is 10.0. The third-order valence-electron chi connectivity index (χ3n) is 6.15.